The third-order valence-electron chi connectivity index (χ3n) is 2.71. The van der Waals surface area contributed by atoms with Crippen LogP contribution in [0, 0.1) is 0 Å². The average molecular weight is 278 g/mol. The van der Waals surface area contributed by atoms with E-state index in [4.69, 9.17) is 21.1 Å². The van der Waals surface area contributed by atoms with Crippen molar-refractivity contribution in [1.29, 1.82) is 0 Å². The second-order valence-electron chi connectivity index (χ2n) is 4.08. The zero-order valence-corrected chi connectivity index (χ0v) is 10.9. The molecule has 1 aromatic heterocycles. The summed E-state index contributed by atoms with van der Waals surface area (Å²) < 4.78 is 11.0. The second-order valence-corrected chi connectivity index (χ2v) is 4.49. The van der Waals surface area contributed by atoms with E-state index in [-0.39, 0.29) is 0 Å². The Morgan fingerprint density at radius 3 is 2.79 bits per heavy atom. The van der Waals surface area contributed by atoms with Crippen molar-refractivity contribution in [2.75, 3.05) is 18.5 Å². The van der Waals surface area contributed by atoms with Crippen LogP contribution in [0.1, 0.15) is 5.56 Å². The van der Waals surface area contributed by atoms with Gasteiger partial charge in [-0.15, -0.1) is 0 Å². The molecule has 0 radical (unpaired) electrons. The van der Waals surface area contributed by atoms with Crippen molar-refractivity contribution >= 4 is 17.3 Å². The van der Waals surface area contributed by atoms with Crippen molar-refractivity contribution < 1.29 is 9.47 Å². The van der Waals surface area contributed by atoms with Crippen LogP contribution in [-0.2, 0) is 6.54 Å². The molecule has 0 aliphatic carbocycles. The number of ether oxygens (including phenoxy) is 2. The van der Waals surface area contributed by atoms with Crippen molar-refractivity contribution in [3.05, 3.63) is 41.4 Å². The van der Waals surface area contributed by atoms with Gasteiger partial charge in [-0.25, -0.2) is 9.97 Å². The van der Waals surface area contributed by atoms with Crippen molar-refractivity contribution in [3.8, 4) is 11.5 Å². The predicted molar refractivity (Wildman–Crippen MR) is 71.8 cm³/mol. The first-order chi connectivity index (χ1) is 9.33. The molecule has 0 saturated heterocycles. The predicted octanol–water partition coefficient (Wildman–Crippen LogP) is 2.51. The lowest BCUT2D eigenvalue weighted by atomic mass is 10.2. The molecule has 1 N–H and O–H groups in total. The summed E-state index contributed by atoms with van der Waals surface area (Å²) in [6.07, 6.45) is 4.92. The molecule has 1 aliphatic rings. The summed E-state index contributed by atoms with van der Waals surface area (Å²) in [5.74, 6) is 1.32. The molecular formula is C13H12ClN3O2. The maximum Gasteiger partial charge on any atom is 0.179 e. The third-order valence-corrected chi connectivity index (χ3v) is 2.99. The van der Waals surface area contributed by atoms with Crippen molar-refractivity contribution in [2.45, 2.75) is 6.54 Å². The van der Waals surface area contributed by atoms with Gasteiger partial charge in [-0.3, -0.25) is 0 Å². The lowest BCUT2D eigenvalue weighted by molar-refractivity contribution is 0.171. The lowest BCUT2D eigenvalue weighted by Crippen LogP contribution is -2.16. The van der Waals surface area contributed by atoms with Crippen LogP contribution in [-0.4, -0.2) is 23.2 Å². The number of hydrogen-bond donors (Lipinski definition) is 1. The first-order valence-corrected chi connectivity index (χ1v) is 6.27. The van der Waals surface area contributed by atoms with Crippen LogP contribution >= 0.6 is 11.6 Å². The molecule has 98 valence electrons. The summed E-state index contributed by atoms with van der Waals surface area (Å²) in [6.45, 7) is 1.70. The number of halogens is 1. The monoisotopic (exact) mass is 277 g/mol. The van der Waals surface area contributed by atoms with Crippen LogP contribution in [0.5, 0.6) is 11.5 Å². The van der Waals surface area contributed by atoms with Crippen LogP contribution in [0.2, 0.25) is 5.02 Å². The van der Waals surface area contributed by atoms with Crippen molar-refractivity contribution in [3.63, 3.8) is 0 Å². The Morgan fingerprint density at radius 2 is 1.95 bits per heavy atom. The average Bonchev–Trinajstić information content (AvgIpc) is 2.46. The summed E-state index contributed by atoms with van der Waals surface area (Å²) in [5, 5.41) is 3.78. The van der Waals surface area contributed by atoms with Crippen molar-refractivity contribution in [1.82, 2.24) is 9.97 Å². The minimum Gasteiger partial charge on any atom is -0.486 e. The molecule has 0 bridgehead atoms. The quantitative estimate of drug-likeness (QED) is 0.934. The van der Waals surface area contributed by atoms with Crippen LogP contribution < -0.4 is 14.8 Å². The number of rotatable bonds is 3. The Hall–Kier alpha value is -2.01. The zero-order valence-electron chi connectivity index (χ0n) is 10.1. The van der Waals surface area contributed by atoms with Gasteiger partial charge in [0, 0.05) is 6.54 Å². The van der Waals surface area contributed by atoms with E-state index in [2.05, 4.69) is 15.3 Å². The first-order valence-electron chi connectivity index (χ1n) is 5.90. The van der Waals surface area contributed by atoms with Gasteiger partial charge in [0.15, 0.2) is 11.5 Å². The Bertz CT molecular complexity index is 578. The summed E-state index contributed by atoms with van der Waals surface area (Å²) in [4.78, 5) is 7.88. The Balaban J connectivity index is 1.76. The fraction of sp³-hybridized carbons (Fsp3) is 0.231. The van der Waals surface area contributed by atoms with E-state index in [0.29, 0.717) is 36.3 Å². The highest BCUT2D eigenvalue weighted by Crippen LogP contribution is 2.38. The standard InChI is InChI=1S/C13H12ClN3O2/c14-11-3-9(4-12-13(11)19-2-1-18-12)5-17-10-6-15-8-16-7-10/h3-4,6-8,17H,1-2,5H2. The molecule has 3 rings (SSSR count). The van der Waals surface area contributed by atoms with E-state index in [0.717, 1.165) is 11.3 Å². The van der Waals surface area contributed by atoms with E-state index in [1.807, 2.05) is 12.1 Å². The Kier molecular flexibility index (Phi) is 3.37. The SMILES string of the molecule is Clc1cc(CNc2cncnc2)cc2c1OCCO2. The van der Waals surface area contributed by atoms with E-state index < -0.39 is 0 Å². The zero-order chi connectivity index (χ0) is 13.1. The van der Waals surface area contributed by atoms with Crippen LogP contribution in [0.4, 0.5) is 5.69 Å². The number of aromatic nitrogens is 2. The summed E-state index contributed by atoms with van der Waals surface area (Å²) >= 11 is 6.17. The molecule has 0 atom stereocenters. The summed E-state index contributed by atoms with van der Waals surface area (Å²) in [5.41, 5.74) is 1.87. The molecule has 0 amide bonds. The fourth-order valence-electron chi connectivity index (χ4n) is 1.86. The topological polar surface area (TPSA) is 56.3 Å². The first kappa shape index (κ1) is 12.0. The smallest absolute Gasteiger partial charge is 0.179 e. The van der Waals surface area contributed by atoms with Gasteiger partial charge in [-0.1, -0.05) is 11.6 Å². The largest absolute Gasteiger partial charge is 0.486 e. The maximum absolute atomic E-state index is 6.17. The Morgan fingerprint density at radius 1 is 1.16 bits per heavy atom. The molecule has 19 heavy (non-hydrogen) atoms. The molecule has 0 saturated carbocycles. The van der Waals surface area contributed by atoms with E-state index in [9.17, 15) is 0 Å². The highest BCUT2D eigenvalue weighted by atomic mass is 35.5. The molecule has 2 heterocycles. The molecule has 2 aromatic rings. The minimum atomic E-state index is 0.533. The number of benzene rings is 1. The minimum absolute atomic E-state index is 0.533. The van der Waals surface area contributed by atoms with Gasteiger partial charge >= 0.3 is 0 Å². The van der Waals surface area contributed by atoms with E-state index in [1.54, 1.807) is 12.4 Å². The molecule has 0 spiro atoms. The Labute approximate surface area is 115 Å². The van der Waals surface area contributed by atoms with Gasteiger partial charge in [0.1, 0.15) is 19.5 Å². The fourth-order valence-corrected chi connectivity index (χ4v) is 2.15. The number of fused-ring (bicyclic) bond motifs is 1. The van der Waals surface area contributed by atoms with Crippen molar-refractivity contribution in [2.24, 2.45) is 0 Å². The normalized spacial score (nSPS) is 13.1. The summed E-state index contributed by atoms with van der Waals surface area (Å²) in [7, 11) is 0. The van der Waals surface area contributed by atoms with Gasteiger partial charge in [0.2, 0.25) is 0 Å². The molecule has 5 nitrogen and oxygen atoms in total. The van der Waals surface area contributed by atoms with Crippen LogP contribution in [0.25, 0.3) is 0 Å². The number of nitrogens with one attached hydrogen (secondary N) is 1. The van der Waals surface area contributed by atoms with Crippen LogP contribution in [0.3, 0.4) is 0 Å². The highest BCUT2D eigenvalue weighted by molar-refractivity contribution is 6.32. The van der Waals surface area contributed by atoms with Gasteiger partial charge in [-0.05, 0) is 17.7 Å². The lowest BCUT2D eigenvalue weighted by Gasteiger charge is -2.20. The molecular weight excluding hydrogens is 266 g/mol. The molecule has 0 fully saturated rings. The summed E-state index contributed by atoms with van der Waals surface area (Å²) in [6, 6.07) is 3.79. The molecule has 1 aliphatic heterocycles. The van der Waals surface area contributed by atoms with Gasteiger partial charge < -0.3 is 14.8 Å². The second kappa shape index (κ2) is 5.32. The molecule has 6 heteroatoms. The van der Waals surface area contributed by atoms with E-state index >= 15 is 0 Å². The van der Waals surface area contributed by atoms with Gasteiger partial charge in [-0.2, -0.15) is 0 Å². The number of nitrogens with zero attached hydrogens (tertiary/aromatic N) is 2. The van der Waals surface area contributed by atoms with Gasteiger partial charge in [0.25, 0.3) is 0 Å². The molecule has 0 unspecified atom stereocenters. The van der Waals surface area contributed by atoms with Crippen LogP contribution in [0.15, 0.2) is 30.9 Å². The third kappa shape index (κ3) is 2.71. The van der Waals surface area contributed by atoms with E-state index in [1.165, 1.54) is 6.33 Å². The number of hydrogen-bond acceptors (Lipinski definition) is 5. The number of anilines is 1. The molecule has 1 aromatic carbocycles. The van der Waals surface area contributed by atoms with Gasteiger partial charge in [0.05, 0.1) is 23.1 Å². The maximum atomic E-state index is 6.17. The highest BCUT2D eigenvalue weighted by Gasteiger charge is 2.16.